The number of alkyl halides is 1. The van der Waals surface area contributed by atoms with Crippen molar-refractivity contribution in [3.05, 3.63) is 28.5 Å². The van der Waals surface area contributed by atoms with Gasteiger partial charge in [0.25, 0.3) is 0 Å². The van der Waals surface area contributed by atoms with Crippen LogP contribution in [-0.2, 0) is 5.41 Å². The molecule has 0 radical (unpaired) electrons. The van der Waals surface area contributed by atoms with Crippen molar-refractivity contribution in [2.45, 2.75) is 38.0 Å². The van der Waals surface area contributed by atoms with E-state index >= 15 is 0 Å². The van der Waals surface area contributed by atoms with E-state index in [9.17, 15) is 4.39 Å². The van der Waals surface area contributed by atoms with E-state index in [0.717, 1.165) is 43.5 Å². The van der Waals surface area contributed by atoms with Crippen molar-refractivity contribution < 1.29 is 4.39 Å². The van der Waals surface area contributed by atoms with Gasteiger partial charge in [-0.2, -0.15) is 0 Å². The molecule has 1 nitrogen and oxygen atoms in total. The molecule has 18 heavy (non-hydrogen) atoms. The Hall–Kier alpha value is -0.470. The number of halogens is 3. The highest BCUT2D eigenvalue weighted by atomic mass is 35.5. The maximum atomic E-state index is 13.4. The minimum atomic E-state index is -0.351. The van der Waals surface area contributed by atoms with Crippen molar-refractivity contribution >= 4 is 28.9 Å². The average molecular weight is 290 g/mol. The third kappa shape index (κ3) is 2.46. The Morgan fingerprint density at radius 2 is 2.17 bits per heavy atom. The molecule has 2 rings (SSSR count). The van der Waals surface area contributed by atoms with Crippen molar-refractivity contribution in [1.29, 1.82) is 0 Å². The van der Waals surface area contributed by atoms with E-state index in [1.54, 1.807) is 6.07 Å². The molecule has 0 aromatic heterocycles. The molecule has 0 bridgehead atoms. The highest BCUT2D eigenvalue weighted by Gasteiger charge is 2.37. The molecule has 1 aliphatic heterocycles. The first-order valence-electron chi connectivity index (χ1n) is 6.42. The van der Waals surface area contributed by atoms with Crippen molar-refractivity contribution in [1.82, 2.24) is 0 Å². The summed E-state index contributed by atoms with van der Waals surface area (Å²) in [6.45, 7) is 3.04. The molecule has 1 unspecified atom stereocenters. The monoisotopic (exact) mass is 289 g/mol. The minimum absolute atomic E-state index is 0.0821. The van der Waals surface area contributed by atoms with Crippen molar-refractivity contribution in [2.24, 2.45) is 0 Å². The molecule has 0 amide bonds. The largest absolute Gasteiger partial charge is 0.384 e. The van der Waals surface area contributed by atoms with Crippen LogP contribution in [0.4, 0.5) is 10.1 Å². The number of anilines is 1. The van der Waals surface area contributed by atoms with E-state index < -0.39 is 0 Å². The quantitative estimate of drug-likeness (QED) is 0.597. The predicted molar refractivity (Wildman–Crippen MR) is 76.4 cm³/mol. The maximum absolute atomic E-state index is 13.4. The van der Waals surface area contributed by atoms with Crippen molar-refractivity contribution in [3.8, 4) is 0 Å². The van der Waals surface area contributed by atoms with Crippen LogP contribution in [0.1, 0.15) is 38.2 Å². The van der Waals surface area contributed by atoms with Crippen LogP contribution >= 0.6 is 23.2 Å². The van der Waals surface area contributed by atoms with Crippen LogP contribution in [0.3, 0.4) is 0 Å². The van der Waals surface area contributed by atoms with Crippen LogP contribution in [0.25, 0.3) is 0 Å². The fraction of sp³-hybridized carbons (Fsp3) is 0.571. The lowest BCUT2D eigenvalue weighted by Gasteiger charge is -2.28. The summed E-state index contributed by atoms with van der Waals surface area (Å²) < 4.78 is 13.4. The van der Waals surface area contributed by atoms with Gasteiger partial charge in [-0.05, 0) is 37.0 Å². The van der Waals surface area contributed by atoms with Gasteiger partial charge in [0.1, 0.15) is 5.82 Å². The lowest BCUT2D eigenvalue weighted by molar-refractivity contribution is 0.402. The summed E-state index contributed by atoms with van der Waals surface area (Å²) in [4.78, 5) is 0. The molecule has 0 aliphatic carbocycles. The van der Waals surface area contributed by atoms with Gasteiger partial charge in [0.05, 0.1) is 5.02 Å². The zero-order valence-electron chi connectivity index (χ0n) is 10.5. The van der Waals surface area contributed by atoms with E-state index in [0.29, 0.717) is 5.88 Å². The van der Waals surface area contributed by atoms with E-state index in [2.05, 4.69) is 12.2 Å². The Morgan fingerprint density at radius 3 is 2.83 bits per heavy atom. The number of hydrogen-bond acceptors (Lipinski definition) is 1. The fourth-order valence-corrected chi connectivity index (χ4v) is 3.12. The number of fused-ring (bicyclic) bond motifs is 1. The van der Waals surface area contributed by atoms with Crippen LogP contribution in [0.2, 0.25) is 5.02 Å². The number of hydrogen-bond donors (Lipinski definition) is 1. The van der Waals surface area contributed by atoms with Crippen LogP contribution in [0, 0.1) is 5.82 Å². The summed E-state index contributed by atoms with van der Waals surface area (Å²) in [7, 11) is 0. The first-order valence-corrected chi connectivity index (χ1v) is 7.33. The molecule has 0 saturated heterocycles. The number of rotatable bonds is 5. The van der Waals surface area contributed by atoms with Gasteiger partial charge >= 0.3 is 0 Å². The number of unbranched alkanes of at least 4 members (excludes halogenated alkanes) is 1. The molecule has 1 aromatic rings. The van der Waals surface area contributed by atoms with Gasteiger partial charge in [-0.15, -0.1) is 11.6 Å². The van der Waals surface area contributed by atoms with Gasteiger partial charge in [-0.3, -0.25) is 0 Å². The summed E-state index contributed by atoms with van der Waals surface area (Å²) in [6, 6.07) is 3.30. The first kappa shape index (κ1) is 14.0. The van der Waals surface area contributed by atoms with Gasteiger partial charge in [0.15, 0.2) is 0 Å². The smallest absolute Gasteiger partial charge is 0.143 e. The van der Waals surface area contributed by atoms with E-state index in [1.165, 1.54) is 6.07 Å². The molecule has 4 heteroatoms. The summed E-state index contributed by atoms with van der Waals surface area (Å²) >= 11 is 11.6. The normalized spacial score (nSPS) is 21.8. The Balaban J connectivity index is 2.29. The maximum Gasteiger partial charge on any atom is 0.143 e. The summed E-state index contributed by atoms with van der Waals surface area (Å²) in [5.41, 5.74) is 2.13. The third-order valence-electron chi connectivity index (χ3n) is 3.96. The highest BCUT2D eigenvalue weighted by Crippen LogP contribution is 2.44. The molecule has 1 aliphatic rings. The lowest BCUT2D eigenvalue weighted by Crippen LogP contribution is -2.27. The van der Waals surface area contributed by atoms with E-state index in [4.69, 9.17) is 23.2 Å². The van der Waals surface area contributed by atoms with E-state index in [-0.39, 0.29) is 16.3 Å². The van der Waals surface area contributed by atoms with Crippen LogP contribution in [0.5, 0.6) is 0 Å². The second-order valence-electron chi connectivity index (χ2n) is 4.95. The molecule has 0 spiro atoms. The van der Waals surface area contributed by atoms with Gasteiger partial charge in [0, 0.05) is 23.5 Å². The second-order valence-corrected chi connectivity index (χ2v) is 5.73. The number of nitrogens with one attached hydrogen (secondary N) is 1. The third-order valence-corrected chi connectivity index (χ3v) is 4.52. The second kappa shape index (κ2) is 5.66. The highest BCUT2D eigenvalue weighted by molar-refractivity contribution is 6.31. The van der Waals surface area contributed by atoms with Crippen molar-refractivity contribution in [2.75, 3.05) is 17.7 Å². The Labute approximate surface area is 118 Å². The minimum Gasteiger partial charge on any atom is -0.384 e. The molecule has 0 saturated carbocycles. The summed E-state index contributed by atoms with van der Waals surface area (Å²) in [6.07, 6.45) is 4.20. The zero-order chi connectivity index (χ0) is 13.2. The first-order chi connectivity index (χ1) is 8.63. The zero-order valence-corrected chi connectivity index (χ0v) is 12.0. The Bertz CT molecular complexity index is 436. The van der Waals surface area contributed by atoms with E-state index in [1.807, 2.05) is 0 Å². The topological polar surface area (TPSA) is 12.0 Å². The van der Waals surface area contributed by atoms with Gasteiger partial charge in [-0.1, -0.05) is 24.9 Å². The molecule has 1 N–H and O–H groups in total. The molecule has 0 fully saturated rings. The van der Waals surface area contributed by atoms with Gasteiger partial charge in [-0.25, -0.2) is 4.39 Å². The SMILES string of the molecule is CCC1(CCCCCl)CNc2cc(F)c(Cl)cc21. The van der Waals surface area contributed by atoms with Crippen molar-refractivity contribution in [3.63, 3.8) is 0 Å². The summed E-state index contributed by atoms with van der Waals surface area (Å²) in [5.74, 6) is 0.347. The molecule has 1 atom stereocenters. The Morgan fingerprint density at radius 1 is 1.39 bits per heavy atom. The lowest BCUT2D eigenvalue weighted by atomic mass is 9.76. The molecular weight excluding hydrogens is 272 g/mol. The average Bonchev–Trinajstić information content (AvgIpc) is 2.70. The van der Waals surface area contributed by atoms with Gasteiger partial charge < -0.3 is 5.32 Å². The number of benzene rings is 1. The van der Waals surface area contributed by atoms with Crippen LogP contribution in [-0.4, -0.2) is 12.4 Å². The Kier molecular flexibility index (Phi) is 4.39. The molecular formula is C14H18Cl2FN. The molecule has 100 valence electrons. The molecule has 1 heterocycles. The fourth-order valence-electron chi connectivity index (χ4n) is 2.76. The summed E-state index contributed by atoms with van der Waals surface area (Å²) in [5, 5.41) is 3.52. The standard InChI is InChI=1S/C14H18Cl2FN/c1-2-14(5-3-4-6-15)9-18-13-8-12(17)11(16)7-10(13)14/h7-8,18H,2-6,9H2,1H3. The van der Waals surface area contributed by atoms with Crippen LogP contribution in [0.15, 0.2) is 12.1 Å². The predicted octanol–water partition coefficient (Wildman–Crippen LogP) is 4.96. The molecule has 1 aromatic carbocycles. The van der Waals surface area contributed by atoms with Gasteiger partial charge in [0.2, 0.25) is 0 Å². The van der Waals surface area contributed by atoms with Crippen LogP contribution < -0.4 is 5.32 Å².